The number of carboxylic acid groups (broad SMARTS) is 1. The molecule has 0 aromatic carbocycles. The van der Waals surface area contributed by atoms with Crippen molar-refractivity contribution in [2.45, 2.75) is 25.3 Å². The molecule has 0 bridgehead atoms. The second-order valence-corrected chi connectivity index (χ2v) is 5.48. The summed E-state index contributed by atoms with van der Waals surface area (Å²) in [5, 5.41) is 22.0. The lowest BCUT2D eigenvalue weighted by Crippen LogP contribution is -2.32. The first-order valence-corrected chi connectivity index (χ1v) is 6.57. The van der Waals surface area contributed by atoms with E-state index in [1.807, 2.05) is 0 Å². The topological polar surface area (TPSA) is 110 Å². The summed E-state index contributed by atoms with van der Waals surface area (Å²) >= 11 is 0.812. The molecule has 8 heteroatoms. The third-order valence-corrected chi connectivity index (χ3v) is 4.15. The second-order valence-electron chi connectivity index (χ2n) is 4.41. The monoisotopic (exact) mass is 284 g/mol. The molecule has 1 fully saturated rings. The van der Waals surface area contributed by atoms with Crippen LogP contribution in [0, 0.1) is 16.0 Å². The van der Waals surface area contributed by atoms with Gasteiger partial charge in [-0.05, 0) is 25.3 Å². The Bertz CT molecular complexity index is 527. The van der Waals surface area contributed by atoms with Crippen molar-refractivity contribution in [1.82, 2.24) is 5.32 Å². The molecule has 0 unspecified atom stereocenters. The van der Waals surface area contributed by atoms with Gasteiger partial charge in [-0.1, -0.05) is 11.3 Å². The minimum absolute atomic E-state index is 0.0833. The molecular weight excluding hydrogens is 272 g/mol. The Morgan fingerprint density at radius 2 is 2.16 bits per heavy atom. The summed E-state index contributed by atoms with van der Waals surface area (Å²) in [5.74, 6) is -1.64. The van der Waals surface area contributed by atoms with Crippen LogP contribution in [-0.4, -0.2) is 27.9 Å². The lowest BCUT2D eigenvalue weighted by molar-refractivity contribution is -0.380. The Kier molecular flexibility index (Phi) is 3.79. The van der Waals surface area contributed by atoms with E-state index >= 15 is 0 Å². The van der Waals surface area contributed by atoms with Gasteiger partial charge in [-0.2, -0.15) is 0 Å². The fraction of sp³-hybridized carbons (Fsp3) is 0.455. The van der Waals surface area contributed by atoms with E-state index in [0.717, 1.165) is 11.3 Å². The number of nitro groups is 1. The molecule has 1 amide bonds. The van der Waals surface area contributed by atoms with Gasteiger partial charge in [-0.3, -0.25) is 19.7 Å². The molecule has 0 radical (unpaired) electrons. The van der Waals surface area contributed by atoms with Gasteiger partial charge < -0.3 is 10.4 Å². The van der Waals surface area contributed by atoms with Gasteiger partial charge in [0.25, 0.3) is 5.91 Å². The third-order valence-electron chi connectivity index (χ3n) is 3.11. The normalized spacial score (nSPS) is 22.1. The van der Waals surface area contributed by atoms with Crippen molar-refractivity contribution in [3.8, 4) is 0 Å². The van der Waals surface area contributed by atoms with E-state index in [2.05, 4.69) is 5.32 Å². The van der Waals surface area contributed by atoms with Gasteiger partial charge in [0.1, 0.15) is 0 Å². The minimum Gasteiger partial charge on any atom is -0.481 e. The summed E-state index contributed by atoms with van der Waals surface area (Å²) in [6, 6.07) is 2.52. The summed E-state index contributed by atoms with van der Waals surface area (Å²) in [6.45, 7) is 0. The summed E-state index contributed by atoms with van der Waals surface area (Å²) in [4.78, 5) is 32.9. The number of amides is 1. The number of carboxylic acids is 1. The standard InChI is InChI=1S/C11H12N2O5S/c14-10(8-3-4-9(19-8)13(17)18)12-7-2-1-6(5-7)11(15)16/h3-4,6-7H,1-2,5H2,(H,12,14)(H,15,16)/t6-,7+/m0/s1. The number of aliphatic carboxylic acids is 1. The molecule has 102 valence electrons. The Morgan fingerprint density at radius 3 is 2.68 bits per heavy atom. The van der Waals surface area contributed by atoms with Gasteiger partial charge in [0, 0.05) is 12.1 Å². The van der Waals surface area contributed by atoms with Gasteiger partial charge in [0.15, 0.2) is 0 Å². The van der Waals surface area contributed by atoms with Gasteiger partial charge in [0.05, 0.1) is 15.7 Å². The van der Waals surface area contributed by atoms with E-state index in [4.69, 9.17) is 5.11 Å². The molecule has 0 aliphatic heterocycles. The molecule has 1 aliphatic carbocycles. The summed E-state index contributed by atoms with van der Waals surface area (Å²) < 4.78 is 0. The van der Waals surface area contributed by atoms with E-state index in [1.54, 1.807) is 0 Å². The van der Waals surface area contributed by atoms with Crippen LogP contribution in [0.5, 0.6) is 0 Å². The van der Waals surface area contributed by atoms with Crippen molar-refractivity contribution < 1.29 is 19.6 Å². The van der Waals surface area contributed by atoms with Crippen LogP contribution >= 0.6 is 11.3 Å². The highest BCUT2D eigenvalue weighted by molar-refractivity contribution is 7.17. The Balaban J connectivity index is 1.94. The predicted octanol–water partition coefficient (Wildman–Crippen LogP) is 1.64. The maximum Gasteiger partial charge on any atom is 0.324 e. The molecule has 2 atom stereocenters. The van der Waals surface area contributed by atoms with Crippen molar-refractivity contribution >= 4 is 28.2 Å². The maximum atomic E-state index is 11.8. The Hall–Kier alpha value is -1.96. The van der Waals surface area contributed by atoms with Gasteiger partial charge >= 0.3 is 11.0 Å². The van der Waals surface area contributed by atoms with Crippen LogP contribution in [0.2, 0.25) is 0 Å². The zero-order valence-corrected chi connectivity index (χ0v) is 10.7. The minimum atomic E-state index is -0.844. The van der Waals surface area contributed by atoms with Crippen LogP contribution in [0.25, 0.3) is 0 Å². The summed E-state index contributed by atoms with van der Waals surface area (Å²) in [7, 11) is 0. The lowest BCUT2D eigenvalue weighted by Gasteiger charge is -2.11. The molecule has 2 rings (SSSR count). The zero-order valence-electron chi connectivity index (χ0n) is 9.87. The number of nitrogens with zero attached hydrogens (tertiary/aromatic N) is 1. The smallest absolute Gasteiger partial charge is 0.324 e. The molecule has 1 aromatic heterocycles. The zero-order chi connectivity index (χ0) is 14.0. The highest BCUT2D eigenvalue weighted by Crippen LogP contribution is 2.27. The highest BCUT2D eigenvalue weighted by atomic mass is 32.1. The van der Waals surface area contributed by atoms with E-state index < -0.39 is 16.8 Å². The van der Waals surface area contributed by atoms with E-state index in [-0.39, 0.29) is 21.8 Å². The van der Waals surface area contributed by atoms with E-state index in [0.29, 0.717) is 19.3 Å². The van der Waals surface area contributed by atoms with Crippen molar-refractivity contribution in [3.05, 3.63) is 27.1 Å². The Morgan fingerprint density at radius 1 is 1.42 bits per heavy atom. The number of thiophene rings is 1. The van der Waals surface area contributed by atoms with Gasteiger partial charge in [-0.15, -0.1) is 0 Å². The van der Waals surface area contributed by atoms with Crippen LogP contribution in [0.15, 0.2) is 12.1 Å². The van der Waals surface area contributed by atoms with Crippen molar-refractivity contribution in [3.63, 3.8) is 0 Å². The number of carbonyl (C=O) groups excluding carboxylic acids is 1. The molecule has 0 saturated heterocycles. The predicted molar refractivity (Wildman–Crippen MR) is 67.2 cm³/mol. The molecule has 0 spiro atoms. The van der Waals surface area contributed by atoms with Gasteiger partial charge in [0.2, 0.25) is 0 Å². The van der Waals surface area contributed by atoms with Crippen LogP contribution in [0.4, 0.5) is 5.00 Å². The molecule has 19 heavy (non-hydrogen) atoms. The number of rotatable bonds is 4. The number of carbonyl (C=O) groups is 2. The number of hydrogen-bond donors (Lipinski definition) is 2. The van der Waals surface area contributed by atoms with E-state index in [9.17, 15) is 19.7 Å². The quantitative estimate of drug-likeness (QED) is 0.645. The van der Waals surface area contributed by atoms with Crippen LogP contribution in [0.3, 0.4) is 0 Å². The Labute approximate surface area is 112 Å². The van der Waals surface area contributed by atoms with Crippen molar-refractivity contribution in [2.24, 2.45) is 5.92 Å². The third kappa shape index (κ3) is 3.08. The first-order valence-electron chi connectivity index (χ1n) is 5.75. The molecule has 1 heterocycles. The average molecular weight is 284 g/mol. The molecule has 1 aliphatic rings. The van der Waals surface area contributed by atoms with Crippen LogP contribution in [-0.2, 0) is 4.79 Å². The SMILES string of the molecule is O=C(N[C@@H]1CC[C@H](C(=O)O)C1)c1ccc([N+](=O)[O-])s1. The summed E-state index contributed by atoms with van der Waals surface area (Å²) in [6.07, 6.45) is 1.58. The first-order chi connectivity index (χ1) is 8.97. The highest BCUT2D eigenvalue weighted by Gasteiger charge is 2.31. The lowest BCUT2D eigenvalue weighted by atomic mass is 10.1. The fourth-order valence-corrected chi connectivity index (χ4v) is 2.86. The summed E-state index contributed by atoms with van der Waals surface area (Å²) in [5.41, 5.74) is 0. The number of nitrogens with one attached hydrogen (secondary N) is 1. The largest absolute Gasteiger partial charge is 0.481 e. The van der Waals surface area contributed by atoms with Crippen molar-refractivity contribution in [1.29, 1.82) is 0 Å². The van der Waals surface area contributed by atoms with Crippen molar-refractivity contribution in [2.75, 3.05) is 0 Å². The average Bonchev–Trinajstić information content (AvgIpc) is 2.96. The fourth-order valence-electron chi connectivity index (χ4n) is 2.14. The first kappa shape index (κ1) is 13.5. The molecule has 1 aromatic rings. The van der Waals surface area contributed by atoms with E-state index in [1.165, 1.54) is 12.1 Å². The molecular formula is C11H12N2O5S. The maximum absolute atomic E-state index is 11.8. The molecule has 2 N–H and O–H groups in total. The number of hydrogen-bond acceptors (Lipinski definition) is 5. The van der Waals surface area contributed by atoms with Crippen LogP contribution < -0.4 is 5.32 Å². The second kappa shape index (κ2) is 5.35. The van der Waals surface area contributed by atoms with Gasteiger partial charge in [-0.25, -0.2) is 0 Å². The molecule has 7 nitrogen and oxygen atoms in total. The molecule has 1 saturated carbocycles. The van der Waals surface area contributed by atoms with Crippen LogP contribution in [0.1, 0.15) is 28.9 Å².